The van der Waals surface area contributed by atoms with Crippen LogP contribution in [0.3, 0.4) is 0 Å². The second-order valence-electron chi connectivity index (χ2n) is 6.21. The van der Waals surface area contributed by atoms with Crippen molar-refractivity contribution in [1.82, 2.24) is 0 Å². The van der Waals surface area contributed by atoms with Gasteiger partial charge in [0.1, 0.15) is 17.9 Å². The Morgan fingerprint density at radius 3 is 2.32 bits per heavy atom. The van der Waals surface area contributed by atoms with Crippen molar-refractivity contribution in [3.05, 3.63) is 59.7 Å². The summed E-state index contributed by atoms with van der Waals surface area (Å²) < 4.78 is 40.1. The number of hydrogen-bond acceptors (Lipinski definition) is 3. The Morgan fingerprint density at radius 1 is 1.14 bits per heavy atom. The molecule has 2 unspecified atom stereocenters. The van der Waals surface area contributed by atoms with Crippen molar-refractivity contribution in [3.8, 4) is 5.75 Å². The molecule has 1 aliphatic carbocycles. The third-order valence-corrected chi connectivity index (χ3v) is 4.22. The molecule has 1 saturated carbocycles. The average Bonchev–Trinajstić information content (AvgIpc) is 3.43. The number of halogens is 3. The van der Waals surface area contributed by atoms with Crippen LogP contribution in [-0.4, -0.2) is 29.6 Å². The Kier molecular flexibility index (Phi) is 5.34. The molecule has 0 aromatic heterocycles. The van der Waals surface area contributed by atoms with E-state index in [1.54, 1.807) is 12.1 Å². The van der Waals surface area contributed by atoms with Gasteiger partial charge in [0.25, 0.3) is 0 Å². The molecule has 6 nitrogen and oxygen atoms in total. The van der Waals surface area contributed by atoms with Gasteiger partial charge in [0.2, 0.25) is 0 Å². The van der Waals surface area contributed by atoms with E-state index in [0.717, 1.165) is 17.7 Å². The maximum atomic E-state index is 12.1. The van der Waals surface area contributed by atoms with Crippen molar-refractivity contribution in [2.24, 2.45) is 21.6 Å². The molecule has 3 N–H and O–H groups in total. The van der Waals surface area contributed by atoms with Crippen molar-refractivity contribution in [3.63, 3.8) is 0 Å². The summed E-state index contributed by atoms with van der Waals surface area (Å²) in [4.78, 5) is 18.9. The Hall–Kier alpha value is -3.36. The van der Waals surface area contributed by atoms with Crippen LogP contribution in [0.1, 0.15) is 23.5 Å². The molecule has 0 bridgehead atoms. The molecule has 146 valence electrons. The van der Waals surface area contributed by atoms with E-state index in [1.165, 1.54) is 18.5 Å². The lowest BCUT2D eigenvalue weighted by molar-refractivity contribution is -0.274. The normalized spacial score (nSPS) is 19.6. The number of nitrogens with two attached hydrogens (primary N) is 1. The van der Waals surface area contributed by atoms with Gasteiger partial charge in [0.15, 0.2) is 0 Å². The minimum Gasteiger partial charge on any atom is -0.481 e. The summed E-state index contributed by atoms with van der Waals surface area (Å²) >= 11 is 0. The number of nitrogens with zero attached hydrogens (tertiary/aromatic N) is 2. The molecule has 2 aromatic carbocycles. The van der Waals surface area contributed by atoms with Gasteiger partial charge in [-0.05, 0) is 42.2 Å². The highest BCUT2D eigenvalue weighted by molar-refractivity contribution is 6.01. The van der Waals surface area contributed by atoms with E-state index in [-0.39, 0.29) is 23.4 Å². The second-order valence-corrected chi connectivity index (χ2v) is 6.21. The van der Waals surface area contributed by atoms with E-state index >= 15 is 0 Å². The highest BCUT2D eigenvalue weighted by atomic mass is 19.4. The first-order chi connectivity index (χ1) is 13.2. The molecule has 1 aliphatic rings. The van der Waals surface area contributed by atoms with Crippen molar-refractivity contribution in [2.45, 2.75) is 18.7 Å². The van der Waals surface area contributed by atoms with Crippen LogP contribution in [0.15, 0.2) is 58.5 Å². The summed E-state index contributed by atoms with van der Waals surface area (Å²) in [5.74, 6) is -1.20. The zero-order chi connectivity index (χ0) is 20.3. The van der Waals surface area contributed by atoms with Gasteiger partial charge < -0.3 is 15.6 Å². The van der Waals surface area contributed by atoms with Crippen molar-refractivity contribution in [2.75, 3.05) is 0 Å². The molecule has 28 heavy (non-hydrogen) atoms. The van der Waals surface area contributed by atoms with E-state index < -0.39 is 12.3 Å². The summed E-state index contributed by atoms with van der Waals surface area (Å²) in [7, 11) is 0. The van der Waals surface area contributed by atoms with E-state index in [0.29, 0.717) is 17.7 Å². The van der Waals surface area contributed by atoms with E-state index in [1.807, 2.05) is 12.1 Å². The first-order valence-electron chi connectivity index (χ1n) is 8.28. The standard InChI is InChI=1S/C19H16F3N3O3/c20-19(21,22)28-14-7-5-13(6-8-14)24-10-25-17(23)12-3-1-11(2-4-12)15-9-16(15)18(26)27/h1-8,10,15-16H,9H2,(H,26,27)(H2,23,24,25). The minimum absolute atomic E-state index is 0.0376. The molecule has 9 heteroatoms. The van der Waals surface area contributed by atoms with Crippen LogP contribution in [-0.2, 0) is 4.79 Å². The van der Waals surface area contributed by atoms with Gasteiger partial charge in [-0.25, -0.2) is 9.98 Å². The number of carbonyl (C=O) groups is 1. The number of rotatable bonds is 6. The number of amidine groups is 1. The zero-order valence-electron chi connectivity index (χ0n) is 14.4. The Labute approximate surface area is 158 Å². The number of carboxylic acids is 1. The van der Waals surface area contributed by atoms with Crippen molar-refractivity contribution >= 4 is 23.8 Å². The number of ether oxygens (including phenoxy) is 1. The Morgan fingerprint density at radius 2 is 1.79 bits per heavy atom. The molecule has 0 saturated heterocycles. The van der Waals surface area contributed by atoms with Crippen LogP contribution >= 0.6 is 0 Å². The summed E-state index contributed by atoms with van der Waals surface area (Å²) in [6.07, 6.45) is -2.91. The summed E-state index contributed by atoms with van der Waals surface area (Å²) in [5, 5.41) is 8.97. The molecule has 0 radical (unpaired) electrons. The zero-order valence-corrected chi connectivity index (χ0v) is 14.4. The maximum Gasteiger partial charge on any atom is 0.573 e. The van der Waals surface area contributed by atoms with Crippen LogP contribution < -0.4 is 10.5 Å². The quantitative estimate of drug-likeness (QED) is 0.578. The molecule has 3 rings (SSSR count). The fraction of sp³-hybridized carbons (Fsp3) is 0.211. The molecule has 0 heterocycles. The first kappa shape index (κ1) is 19.4. The number of aliphatic imine (C=N–C) groups is 2. The SMILES string of the molecule is NC(=NC=Nc1ccc(OC(F)(F)F)cc1)c1ccc(C2CC2C(=O)O)cc1. The highest BCUT2D eigenvalue weighted by Crippen LogP contribution is 2.47. The third kappa shape index (κ3) is 5.09. The molecule has 0 aliphatic heterocycles. The molecule has 0 amide bonds. The maximum absolute atomic E-state index is 12.1. The van der Waals surface area contributed by atoms with Gasteiger partial charge in [0.05, 0.1) is 11.6 Å². The molecule has 0 spiro atoms. The van der Waals surface area contributed by atoms with E-state index in [9.17, 15) is 18.0 Å². The number of alkyl halides is 3. The lowest BCUT2D eigenvalue weighted by Gasteiger charge is -2.08. The lowest BCUT2D eigenvalue weighted by Crippen LogP contribution is -2.16. The van der Waals surface area contributed by atoms with E-state index in [4.69, 9.17) is 10.8 Å². The topological polar surface area (TPSA) is 97.3 Å². The molecule has 1 fully saturated rings. The number of benzene rings is 2. The molecular formula is C19H16F3N3O3. The van der Waals surface area contributed by atoms with Crippen LogP contribution in [0.2, 0.25) is 0 Å². The summed E-state index contributed by atoms with van der Waals surface area (Å²) in [6, 6.07) is 12.1. The van der Waals surface area contributed by atoms with Crippen LogP contribution in [0.5, 0.6) is 5.75 Å². The van der Waals surface area contributed by atoms with E-state index in [2.05, 4.69) is 14.7 Å². The van der Waals surface area contributed by atoms with Crippen LogP contribution in [0.4, 0.5) is 18.9 Å². The van der Waals surface area contributed by atoms with Crippen LogP contribution in [0.25, 0.3) is 0 Å². The average molecular weight is 391 g/mol. The Bertz CT molecular complexity index is 907. The predicted molar refractivity (Wildman–Crippen MR) is 96.9 cm³/mol. The smallest absolute Gasteiger partial charge is 0.481 e. The predicted octanol–water partition coefficient (Wildman–Crippen LogP) is 3.84. The summed E-state index contributed by atoms with van der Waals surface area (Å²) in [5.41, 5.74) is 7.87. The highest BCUT2D eigenvalue weighted by Gasteiger charge is 2.44. The molecular weight excluding hydrogens is 375 g/mol. The Balaban J connectivity index is 1.60. The van der Waals surface area contributed by atoms with Crippen molar-refractivity contribution < 1.29 is 27.8 Å². The van der Waals surface area contributed by atoms with Gasteiger partial charge in [-0.3, -0.25) is 4.79 Å². The van der Waals surface area contributed by atoms with Gasteiger partial charge in [-0.15, -0.1) is 13.2 Å². The first-order valence-corrected chi connectivity index (χ1v) is 8.28. The molecule has 2 aromatic rings. The van der Waals surface area contributed by atoms with Gasteiger partial charge in [-0.2, -0.15) is 0 Å². The lowest BCUT2D eigenvalue weighted by atomic mass is 10.1. The number of aliphatic carboxylic acids is 1. The number of carboxylic acid groups (broad SMARTS) is 1. The minimum atomic E-state index is -4.74. The largest absolute Gasteiger partial charge is 0.573 e. The molecule has 2 atom stereocenters. The third-order valence-electron chi connectivity index (χ3n) is 4.22. The van der Waals surface area contributed by atoms with Crippen LogP contribution in [0, 0.1) is 5.92 Å². The fourth-order valence-corrected chi connectivity index (χ4v) is 2.70. The second kappa shape index (κ2) is 7.71. The van der Waals surface area contributed by atoms with Gasteiger partial charge in [-0.1, -0.05) is 24.3 Å². The number of hydrogen-bond donors (Lipinski definition) is 2. The fourth-order valence-electron chi connectivity index (χ4n) is 2.70. The monoisotopic (exact) mass is 391 g/mol. The van der Waals surface area contributed by atoms with Crippen molar-refractivity contribution in [1.29, 1.82) is 0 Å². The van der Waals surface area contributed by atoms with Gasteiger partial charge >= 0.3 is 12.3 Å². The summed E-state index contributed by atoms with van der Waals surface area (Å²) in [6.45, 7) is 0. The van der Waals surface area contributed by atoms with Gasteiger partial charge in [0, 0.05) is 5.56 Å².